The Hall–Kier alpha value is -0.640. The van der Waals surface area contributed by atoms with Crippen LogP contribution < -0.4 is 5.32 Å². The summed E-state index contributed by atoms with van der Waals surface area (Å²) in [5, 5.41) is 13.7. The average Bonchev–Trinajstić information content (AvgIpc) is 2.74. The minimum atomic E-state index is 0.544. The van der Waals surface area contributed by atoms with Gasteiger partial charge < -0.3 is 5.32 Å². The highest BCUT2D eigenvalue weighted by molar-refractivity contribution is 7.15. The molecule has 3 unspecified atom stereocenters. The largest absolute Gasteiger partial charge is 0.357 e. The van der Waals surface area contributed by atoms with Gasteiger partial charge in [-0.2, -0.15) is 0 Å². The molecule has 1 heterocycles. The lowest BCUT2D eigenvalue weighted by atomic mass is 10.2. The number of hydrogen-bond donors (Lipinski definition) is 1. The number of anilines is 1. The molecule has 1 aliphatic carbocycles. The zero-order chi connectivity index (χ0) is 10.1. The predicted molar refractivity (Wildman–Crippen MR) is 59.6 cm³/mol. The zero-order valence-corrected chi connectivity index (χ0v) is 9.77. The first-order valence-corrected chi connectivity index (χ1v) is 6.11. The van der Waals surface area contributed by atoms with E-state index < -0.39 is 0 Å². The molecule has 1 N–H and O–H groups in total. The molecule has 0 spiro atoms. The highest BCUT2D eigenvalue weighted by atomic mass is 32.1. The van der Waals surface area contributed by atoms with E-state index in [1.807, 2.05) is 0 Å². The Morgan fingerprint density at radius 1 is 1.57 bits per heavy atom. The fourth-order valence-corrected chi connectivity index (χ4v) is 2.58. The topological polar surface area (TPSA) is 37.8 Å². The predicted octanol–water partition coefficient (Wildman–Crippen LogP) is 2.56. The Labute approximate surface area is 88.9 Å². The van der Waals surface area contributed by atoms with Crippen molar-refractivity contribution in [1.29, 1.82) is 0 Å². The first-order valence-electron chi connectivity index (χ1n) is 5.29. The van der Waals surface area contributed by atoms with Gasteiger partial charge in [-0.05, 0) is 31.6 Å². The second-order valence-electron chi connectivity index (χ2n) is 4.16. The SMILES string of the molecule is CCc1nnc(NC(C)C2CC2C)s1. The van der Waals surface area contributed by atoms with Gasteiger partial charge in [-0.25, -0.2) is 0 Å². The lowest BCUT2D eigenvalue weighted by Crippen LogP contribution is -2.18. The van der Waals surface area contributed by atoms with Crippen LogP contribution in [0.1, 0.15) is 32.2 Å². The van der Waals surface area contributed by atoms with E-state index in [1.54, 1.807) is 11.3 Å². The molecule has 1 aliphatic rings. The second-order valence-corrected chi connectivity index (χ2v) is 5.23. The molecule has 0 bridgehead atoms. The zero-order valence-electron chi connectivity index (χ0n) is 8.95. The van der Waals surface area contributed by atoms with Gasteiger partial charge in [-0.3, -0.25) is 0 Å². The number of aryl methyl sites for hydroxylation is 1. The van der Waals surface area contributed by atoms with E-state index >= 15 is 0 Å². The highest BCUT2D eigenvalue weighted by Crippen LogP contribution is 2.41. The standard InChI is InChI=1S/C10H17N3S/c1-4-9-12-13-10(14-9)11-7(3)8-5-6(8)2/h6-8H,4-5H2,1-3H3,(H,11,13). The minimum absolute atomic E-state index is 0.544. The Morgan fingerprint density at radius 2 is 2.29 bits per heavy atom. The quantitative estimate of drug-likeness (QED) is 0.831. The van der Waals surface area contributed by atoms with Gasteiger partial charge in [0.25, 0.3) is 0 Å². The summed E-state index contributed by atoms with van der Waals surface area (Å²) >= 11 is 1.67. The maximum absolute atomic E-state index is 4.12. The summed E-state index contributed by atoms with van der Waals surface area (Å²) in [4.78, 5) is 0. The van der Waals surface area contributed by atoms with E-state index in [4.69, 9.17) is 0 Å². The van der Waals surface area contributed by atoms with Crippen LogP contribution in [0.2, 0.25) is 0 Å². The van der Waals surface area contributed by atoms with Gasteiger partial charge in [0.2, 0.25) is 5.13 Å². The van der Waals surface area contributed by atoms with Crippen molar-refractivity contribution in [2.45, 2.75) is 39.7 Å². The monoisotopic (exact) mass is 211 g/mol. The van der Waals surface area contributed by atoms with Crippen LogP contribution in [0.15, 0.2) is 0 Å². The fourth-order valence-electron chi connectivity index (χ4n) is 1.80. The highest BCUT2D eigenvalue weighted by Gasteiger charge is 2.37. The maximum Gasteiger partial charge on any atom is 0.205 e. The molecular formula is C10H17N3S. The molecule has 0 aromatic carbocycles. The van der Waals surface area contributed by atoms with Crippen molar-refractivity contribution in [3.63, 3.8) is 0 Å². The van der Waals surface area contributed by atoms with Crippen molar-refractivity contribution in [3.8, 4) is 0 Å². The Morgan fingerprint density at radius 3 is 2.79 bits per heavy atom. The Kier molecular flexibility index (Phi) is 2.72. The van der Waals surface area contributed by atoms with E-state index in [0.29, 0.717) is 6.04 Å². The van der Waals surface area contributed by atoms with E-state index in [2.05, 4.69) is 36.3 Å². The van der Waals surface area contributed by atoms with Crippen LogP contribution in [0.3, 0.4) is 0 Å². The van der Waals surface area contributed by atoms with Gasteiger partial charge in [0.05, 0.1) is 0 Å². The van der Waals surface area contributed by atoms with E-state index in [0.717, 1.165) is 28.4 Å². The van der Waals surface area contributed by atoms with Crippen molar-refractivity contribution >= 4 is 16.5 Å². The van der Waals surface area contributed by atoms with Crippen molar-refractivity contribution < 1.29 is 0 Å². The summed E-state index contributed by atoms with van der Waals surface area (Å²) in [7, 11) is 0. The van der Waals surface area contributed by atoms with Crippen molar-refractivity contribution in [2.75, 3.05) is 5.32 Å². The minimum Gasteiger partial charge on any atom is -0.357 e. The molecule has 0 radical (unpaired) electrons. The number of hydrogen-bond acceptors (Lipinski definition) is 4. The molecule has 1 saturated carbocycles. The summed E-state index contributed by atoms with van der Waals surface area (Å²) in [5.74, 6) is 1.72. The van der Waals surface area contributed by atoms with E-state index in [-0.39, 0.29) is 0 Å². The van der Waals surface area contributed by atoms with Gasteiger partial charge >= 0.3 is 0 Å². The Balaban J connectivity index is 1.90. The van der Waals surface area contributed by atoms with Crippen LogP contribution in [0.25, 0.3) is 0 Å². The smallest absolute Gasteiger partial charge is 0.205 e. The fraction of sp³-hybridized carbons (Fsp3) is 0.800. The molecule has 1 aromatic rings. The van der Waals surface area contributed by atoms with Crippen LogP contribution in [0.4, 0.5) is 5.13 Å². The molecular weight excluding hydrogens is 194 g/mol. The van der Waals surface area contributed by atoms with Gasteiger partial charge in [0.15, 0.2) is 0 Å². The molecule has 0 amide bonds. The first kappa shape index (κ1) is 9.90. The number of aromatic nitrogens is 2. The third kappa shape index (κ3) is 2.05. The summed E-state index contributed by atoms with van der Waals surface area (Å²) in [6.45, 7) is 6.65. The number of nitrogens with zero attached hydrogens (tertiary/aromatic N) is 2. The maximum atomic E-state index is 4.12. The number of nitrogens with one attached hydrogen (secondary N) is 1. The van der Waals surface area contributed by atoms with Gasteiger partial charge in [0, 0.05) is 6.04 Å². The van der Waals surface area contributed by atoms with Crippen molar-refractivity contribution in [3.05, 3.63) is 5.01 Å². The summed E-state index contributed by atoms with van der Waals surface area (Å²) in [5.41, 5.74) is 0. The van der Waals surface area contributed by atoms with Crippen LogP contribution in [-0.2, 0) is 6.42 Å². The second kappa shape index (κ2) is 3.85. The number of rotatable bonds is 4. The molecule has 0 saturated heterocycles. The summed E-state index contributed by atoms with van der Waals surface area (Å²) in [6, 6.07) is 0.544. The molecule has 0 aliphatic heterocycles. The van der Waals surface area contributed by atoms with Gasteiger partial charge in [-0.15, -0.1) is 10.2 Å². The molecule has 1 aromatic heterocycles. The van der Waals surface area contributed by atoms with Crippen LogP contribution >= 0.6 is 11.3 Å². The molecule has 4 heteroatoms. The summed E-state index contributed by atoms with van der Waals surface area (Å²) in [6.07, 6.45) is 2.33. The third-order valence-electron chi connectivity index (χ3n) is 2.93. The Bertz CT molecular complexity index is 310. The lowest BCUT2D eigenvalue weighted by Gasteiger charge is -2.10. The lowest BCUT2D eigenvalue weighted by molar-refractivity contribution is 0.643. The molecule has 78 valence electrons. The summed E-state index contributed by atoms with van der Waals surface area (Å²) < 4.78 is 0. The van der Waals surface area contributed by atoms with Crippen LogP contribution in [0.5, 0.6) is 0 Å². The van der Waals surface area contributed by atoms with Gasteiger partial charge in [-0.1, -0.05) is 25.2 Å². The van der Waals surface area contributed by atoms with Crippen molar-refractivity contribution in [2.24, 2.45) is 11.8 Å². The average molecular weight is 211 g/mol. The molecule has 14 heavy (non-hydrogen) atoms. The van der Waals surface area contributed by atoms with Gasteiger partial charge in [0.1, 0.15) is 5.01 Å². The third-order valence-corrected chi connectivity index (χ3v) is 3.93. The van der Waals surface area contributed by atoms with Crippen molar-refractivity contribution in [1.82, 2.24) is 10.2 Å². The molecule has 2 rings (SSSR count). The normalized spacial score (nSPS) is 27.4. The molecule has 1 fully saturated rings. The van der Waals surface area contributed by atoms with E-state index in [9.17, 15) is 0 Å². The van der Waals surface area contributed by atoms with E-state index in [1.165, 1.54) is 6.42 Å². The first-order chi connectivity index (χ1) is 6.70. The molecule has 3 atom stereocenters. The van der Waals surface area contributed by atoms with Crippen LogP contribution in [-0.4, -0.2) is 16.2 Å². The van der Waals surface area contributed by atoms with Crippen LogP contribution in [0, 0.1) is 11.8 Å². The molecule has 3 nitrogen and oxygen atoms in total.